The van der Waals surface area contributed by atoms with E-state index in [-0.39, 0.29) is 17.2 Å². The number of aromatic nitrogens is 2. The number of hydrogen-bond donors (Lipinski definition) is 0. The molecule has 0 spiro atoms. The molecule has 21 heavy (non-hydrogen) atoms. The van der Waals surface area contributed by atoms with Crippen molar-refractivity contribution in [1.29, 1.82) is 0 Å². The van der Waals surface area contributed by atoms with Gasteiger partial charge in [-0.1, -0.05) is 0 Å². The summed E-state index contributed by atoms with van der Waals surface area (Å²) >= 11 is 0. The number of piperidine rings is 1. The Hall–Kier alpha value is -0.960. The van der Waals surface area contributed by atoms with E-state index in [1.54, 1.807) is 29.0 Å². The highest BCUT2D eigenvalue weighted by atomic mass is 32.2. The van der Waals surface area contributed by atoms with E-state index >= 15 is 0 Å². The minimum Gasteiger partial charge on any atom is -0.375 e. The highest BCUT2D eigenvalue weighted by Gasteiger charge is 2.40. The number of aryl methyl sites for hydroxylation is 2. The van der Waals surface area contributed by atoms with Crippen LogP contribution >= 0.6 is 0 Å². The van der Waals surface area contributed by atoms with Crippen molar-refractivity contribution in [3.05, 3.63) is 12.0 Å². The van der Waals surface area contributed by atoms with Crippen LogP contribution in [0.4, 0.5) is 0 Å². The monoisotopic (exact) mass is 314 g/mol. The Kier molecular flexibility index (Phi) is 3.81. The van der Waals surface area contributed by atoms with E-state index in [4.69, 9.17) is 4.74 Å². The summed E-state index contributed by atoms with van der Waals surface area (Å²) in [6.07, 6.45) is 2.46. The fourth-order valence-electron chi connectivity index (χ4n) is 3.01. The van der Waals surface area contributed by atoms with Gasteiger partial charge >= 0.3 is 0 Å². The topological polar surface area (TPSA) is 67.7 Å². The fraction of sp³-hybridized carbons (Fsp3) is 0.769. The molecule has 0 saturated carbocycles. The van der Waals surface area contributed by atoms with Crippen molar-refractivity contribution in [2.45, 2.75) is 30.5 Å². The molecule has 2 aliphatic rings. The third-order valence-corrected chi connectivity index (χ3v) is 6.25. The van der Waals surface area contributed by atoms with Gasteiger partial charge in [0.25, 0.3) is 10.0 Å². The van der Waals surface area contributed by atoms with Gasteiger partial charge in [-0.2, -0.15) is 4.31 Å². The summed E-state index contributed by atoms with van der Waals surface area (Å²) < 4.78 is 34.5. The molecule has 0 bridgehead atoms. The van der Waals surface area contributed by atoms with E-state index in [0.29, 0.717) is 18.9 Å². The van der Waals surface area contributed by atoms with E-state index in [1.165, 1.54) is 0 Å². The Labute approximate surface area is 125 Å². The predicted octanol–water partition coefficient (Wildman–Crippen LogP) is -0.178. The Bertz CT molecular complexity index is 608. The molecule has 2 aliphatic heterocycles. The van der Waals surface area contributed by atoms with Gasteiger partial charge in [-0.05, 0) is 20.4 Å². The number of hydrogen-bond acceptors (Lipinski definition) is 5. The molecule has 7 nitrogen and oxygen atoms in total. The van der Waals surface area contributed by atoms with E-state index in [2.05, 4.69) is 9.88 Å². The first-order valence-corrected chi connectivity index (χ1v) is 8.65. The molecule has 0 radical (unpaired) electrons. The van der Waals surface area contributed by atoms with Crippen LogP contribution in [0.5, 0.6) is 0 Å². The summed E-state index contributed by atoms with van der Waals surface area (Å²) in [6, 6.07) is 0.132. The van der Waals surface area contributed by atoms with Crippen LogP contribution < -0.4 is 0 Å². The first-order valence-electron chi connectivity index (χ1n) is 7.21. The van der Waals surface area contributed by atoms with Crippen LogP contribution in [-0.2, 0) is 21.8 Å². The lowest BCUT2D eigenvalue weighted by atomic mass is 10.0. The van der Waals surface area contributed by atoms with Gasteiger partial charge in [-0.25, -0.2) is 13.4 Å². The van der Waals surface area contributed by atoms with E-state index in [9.17, 15) is 8.42 Å². The number of fused-ring (bicyclic) bond motifs is 1. The molecule has 8 heteroatoms. The quantitative estimate of drug-likeness (QED) is 0.758. The minimum atomic E-state index is -3.52. The van der Waals surface area contributed by atoms with E-state index in [1.807, 2.05) is 7.05 Å². The Balaban J connectivity index is 1.83. The van der Waals surface area contributed by atoms with Gasteiger partial charge in [0.15, 0.2) is 5.03 Å². The third-order valence-electron chi connectivity index (χ3n) is 4.52. The molecule has 3 rings (SSSR count). The smallest absolute Gasteiger partial charge is 0.262 e. The minimum absolute atomic E-state index is 0.132. The summed E-state index contributed by atoms with van der Waals surface area (Å²) in [6.45, 7) is 4.34. The predicted molar refractivity (Wildman–Crippen MR) is 77.5 cm³/mol. The molecule has 0 aromatic carbocycles. The van der Waals surface area contributed by atoms with E-state index < -0.39 is 10.0 Å². The maximum absolute atomic E-state index is 12.7. The molecule has 2 saturated heterocycles. The summed E-state index contributed by atoms with van der Waals surface area (Å²) in [5.41, 5.74) is 0. The maximum atomic E-state index is 12.7. The van der Waals surface area contributed by atoms with Crippen molar-refractivity contribution in [2.24, 2.45) is 7.05 Å². The molecule has 2 atom stereocenters. The number of imidazole rings is 1. The number of rotatable bonds is 2. The highest BCUT2D eigenvalue weighted by molar-refractivity contribution is 7.89. The largest absolute Gasteiger partial charge is 0.375 e. The average Bonchev–Trinajstić information content (AvgIpc) is 2.79. The van der Waals surface area contributed by atoms with Crippen molar-refractivity contribution in [2.75, 3.05) is 33.3 Å². The second-order valence-corrected chi connectivity index (χ2v) is 7.73. The standard InChI is InChI=1S/C13H22N4O3S/c1-10-14-13(9-16(10)3)21(18,19)17-5-4-12-11(8-17)15(2)6-7-20-12/h9,11-12H,4-8H2,1-3H3/t11-,12+/m1/s1. The molecule has 2 fully saturated rings. The molecule has 118 valence electrons. The van der Waals surface area contributed by atoms with Gasteiger partial charge in [0.1, 0.15) is 5.82 Å². The molecule has 0 amide bonds. The zero-order valence-electron chi connectivity index (χ0n) is 12.7. The van der Waals surface area contributed by atoms with Gasteiger partial charge in [0, 0.05) is 38.9 Å². The van der Waals surface area contributed by atoms with Crippen molar-refractivity contribution in [3.8, 4) is 0 Å². The normalized spacial score (nSPS) is 28.5. The summed E-state index contributed by atoms with van der Waals surface area (Å²) in [4.78, 5) is 6.36. The van der Waals surface area contributed by atoms with Crippen molar-refractivity contribution < 1.29 is 13.2 Å². The maximum Gasteiger partial charge on any atom is 0.262 e. The summed E-state index contributed by atoms with van der Waals surface area (Å²) in [5, 5.41) is 0.139. The lowest BCUT2D eigenvalue weighted by molar-refractivity contribution is -0.0840. The van der Waals surface area contributed by atoms with Crippen LogP contribution in [-0.4, -0.2) is 72.6 Å². The molecule has 3 heterocycles. The van der Waals surface area contributed by atoms with Crippen LogP contribution in [0.3, 0.4) is 0 Å². The van der Waals surface area contributed by atoms with Crippen LogP contribution in [0.25, 0.3) is 0 Å². The number of morpholine rings is 1. The second-order valence-electron chi connectivity index (χ2n) is 5.85. The molecule has 0 aliphatic carbocycles. The lowest BCUT2D eigenvalue weighted by Crippen LogP contribution is -2.59. The summed E-state index contributed by atoms with van der Waals surface area (Å²) in [5.74, 6) is 0.696. The van der Waals surface area contributed by atoms with Gasteiger partial charge < -0.3 is 9.30 Å². The Morgan fingerprint density at radius 2 is 2.10 bits per heavy atom. The van der Waals surface area contributed by atoms with Crippen molar-refractivity contribution in [3.63, 3.8) is 0 Å². The van der Waals surface area contributed by atoms with Crippen molar-refractivity contribution >= 4 is 10.0 Å². The first kappa shape index (κ1) is 15.0. The van der Waals surface area contributed by atoms with Crippen LogP contribution in [0, 0.1) is 6.92 Å². The molecule has 0 N–H and O–H groups in total. The van der Waals surface area contributed by atoms with Gasteiger partial charge in [-0.3, -0.25) is 4.90 Å². The van der Waals surface area contributed by atoms with Gasteiger partial charge in [0.2, 0.25) is 0 Å². The molecule has 1 aromatic heterocycles. The molecular formula is C13H22N4O3S. The lowest BCUT2D eigenvalue weighted by Gasteiger charge is -2.44. The number of ether oxygens (including phenoxy) is 1. The first-order chi connectivity index (χ1) is 9.89. The molecular weight excluding hydrogens is 292 g/mol. The Morgan fingerprint density at radius 1 is 1.33 bits per heavy atom. The van der Waals surface area contributed by atoms with Crippen LogP contribution in [0.15, 0.2) is 11.2 Å². The van der Waals surface area contributed by atoms with Crippen molar-refractivity contribution in [1.82, 2.24) is 18.8 Å². The van der Waals surface area contributed by atoms with Crippen LogP contribution in [0.1, 0.15) is 12.2 Å². The fourth-order valence-corrected chi connectivity index (χ4v) is 4.51. The number of sulfonamides is 1. The zero-order chi connectivity index (χ0) is 15.2. The van der Waals surface area contributed by atoms with Gasteiger partial charge in [-0.15, -0.1) is 0 Å². The van der Waals surface area contributed by atoms with E-state index in [0.717, 1.165) is 19.6 Å². The van der Waals surface area contributed by atoms with Crippen LogP contribution in [0.2, 0.25) is 0 Å². The Morgan fingerprint density at radius 3 is 2.76 bits per heavy atom. The SMILES string of the molecule is Cc1nc(S(=O)(=O)N2CC[C@@H]3OCCN(C)[C@@H]3C2)cn1C. The highest BCUT2D eigenvalue weighted by Crippen LogP contribution is 2.26. The molecule has 0 unspecified atom stereocenters. The number of nitrogens with zero attached hydrogens (tertiary/aromatic N) is 4. The zero-order valence-corrected chi connectivity index (χ0v) is 13.5. The summed E-state index contributed by atoms with van der Waals surface area (Å²) in [7, 11) is 0.312. The second kappa shape index (κ2) is 5.35. The van der Waals surface area contributed by atoms with Gasteiger partial charge in [0.05, 0.1) is 12.7 Å². The molecule has 1 aromatic rings. The average molecular weight is 314 g/mol. The third kappa shape index (κ3) is 2.61. The number of likely N-dealkylation sites (N-methyl/N-ethyl adjacent to an activating group) is 1.